The third-order valence-electron chi connectivity index (χ3n) is 3.88. The molecule has 1 aromatic rings. The maximum Gasteiger partial charge on any atom is 0.353 e. The highest BCUT2D eigenvalue weighted by atomic mass is 32.2. The van der Waals surface area contributed by atoms with Crippen LogP contribution < -0.4 is 0 Å². The van der Waals surface area contributed by atoms with Crippen molar-refractivity contribution in [1.82, 2.24) is 25.1 Å². The van der Waals surface area contributed by atoms with Crippen molar-refractivity contribution in [2.45, 2.75) is 37.1 Å². The van der Waals surface area contributed by atoms with Crippen molar-refractivity contribution in [2.75, 3.05) is 0 Å². The Morgan fingerprint density at radius 2 is 2.14 bits per heavy atom. The van der Waals surface area contributed by atoms with Crippen LogP contribution in [0, 0.1) is 5.92 Å². The number of amides is 1. The predicted molar refractivity (Wildman–Crippen MR) is 74.4 cm³/mol. The highest BCUT2D eigenvalue weighted by Gasteiger charge is 2.59. The number of carbonyl (C=O) groups excluding carboxylic acids is 1. The molecule has 2 aliphatic rings. The Labute approximate surface area is 130 Å². The van der Waals surface area contributed by atoms with Crippen LogP contribution >= 0.6 is 11.8 Å². The van der Waals surface area contributed by atoms with Gasteiger partial charge in [0.1, 0.15) is 5.70 Å². The van der Waals surface area contributed by atoms with Gasteiger partial charge >= 0.3 is 5.97 Å². The molecule has 118 valence electrons. The summed E-state index contributed by atoms with van der Waals surface area (Å²) in [6, 6.07) is -0.331. The lowest BCUT2D eigenvalue weighted by atomic mass is 9.76. The van der Waals surface area contributed by atoms with Crippen molar-refractivity contribution in [3.8, 4) is 0 Å². The summed E-state index contributed by atoms with van der Waals surface area (Å²) in [6.07, 6.45) is 0.375. The number of β-lactam (4-membered cyclic amide) rings is 1. The van der Waals surface area contributed by atoms with Crippen LogP contribution in [0.25, 0.3) is 0 Å². The van der Waals surface area contributed by atoms with E-state index in [-0.39, 0.29) is 17.6 Å². The number of carboxylic acid groups (broad SMARTS) is 1. The normalized spacial score (nSPS) is 24.5. The van der Waals surface area contributed by atoms with E-state index in [1.54, 1.807) is 20.9 Å². The quantitative estimate of drug-likeness (QED) is 0.717. The van der Waals surface area contributed by atoms with Crippen LogP contribution in [0.3, 0.4) is 0 Å². The number of tetrazole rings is 1. The van der Waals surface area contributed by atoms with Crippen LogP contribution in [0.15, 0.2) is 15.8 Å². The van der Waals surface area contributed by atoms with Gasteiger partial charge in [-0.05, 0) is 24.3 Å². The van der Waals surface area contributed by atoms with E-state index >= 15 is 0 Å². The summed E-state index contributed by atoms with van der Waals surface area (Å²) in [5, 5.41) is 31.0. The number of carbonyl (C=O) groups is 2. The standard InChI is InChI=1S/C12H15N5O4S/c1-12(2,21)7-5-4-6(22-11-13-14-15-16(11)3)8(10(19)20)17(5)9(7)18/h5,7,21H,4H2,1-3H3,(H,19,20)/t5-,7+/m1/s1. The summed E-state index contributed by atoms with van der Waals surface area (Å²) in [6.45, 7) is 3.12. The molecule has 1 amide bonds. The summed E-state index contributed by atoms with van der Waals surface area (Å²) in [5.41, 5.74) is -1.22. The summed E-state index contributed by atoms with van der Waals surface area (Å²) < 4.78 is 1.43. The molecule has 3 rings (SSSR count). The molecule has 0 aliphatic carbocycles. The Morgan fingerprint density at radius 1 is 1.45 bits per heavy atom. The first kappa shape index (κ1) is 15.0. The van der Waals surface area contributed by atoms with Gasteiger partial charge < -0.3 is 15.1 Å². The van der Waals surface area contributed by atoms with Gasteiger partial charge in [0.25, 0.3) is 0 Å². The number of aliphatic carboxylic acids is 1. The predicted octanol–water partition coefficient (Wildman–Crippen LogP) is -0.400. The van der Waals surface area contributed by atoms with Gasteiger partial charge in [0.2, 0.25) is 11.1 Å². The fourth-order valence-electron chi connectivity index (χ4n) is 2.95. The van der Waals surface area contributed by atoms with E-state index in [2.05, 4.69) is 15.5 Å². The second-order valence-electron chi connectivity index (χ2n) is 5.88. The number of carboxylic acids is 1. The fraction of sp³-hybridized carbons (Fsp3) is 0.583. The van der Waals surface area contributed by atoms with Crippen LogP contribution in [0.4, 0.5) is 0 Å². The number of thioether (sulfide) groups is 1. The van der Waals surface area contributed by atoms with E-state index in [9.17, 15) is 19.8 Å². The van der Waals surface area contributed by atoms with E-state index in [4.69, 9.17) is 0 Å². The number of hydrogen-bond donors (Lipinski definition) is 2. The smallest absolute Gasteiger partial charge is 0.353 e. The van der Waals surface area contributed by atoms with Gasteiger partial charge in [-0.3, -0.25) is 4.79 Å². The molecule has 2 atom stereocenters. The first-order valence-corrected chi connectivity index (χ1v) is 7.45. The number of rotatable bonds is 4. The highest BCUT2D eigenvalue weighted by molar-refractivity contribution is 8.03. The van der Waals surface area contributed by atoms with Gasteiger partial charge in [0.15, 0.2) is 0 Å². The van der Waals surface area contributed by atoms with Gasteiger partial charge in [-0.1, -0.05) is 11.8 Å². The van der Waals surface area contributed by atoms with Gasteiger partial charge in [-0.2, -0.15) is 0 Å². The van der Waals surface area contributed by atoms with Crippen LogP contribution in [0.5, 0.6) is 0 Å². The molecule has 0 saturated carbocycles. The van der Waals surface area contributed by atoms with Crippen LogP contribution in [-0.2, 0) is 16.6 Å². The molecule has 0 radical (unpaired) electrons. The average molecular weight is 325 g/mol. The van der Waals surface area contributed by atoms with Crippen LogP contribution in [-0.4, -0.2) is 58.8 Å². The lowest BCUT2D eigenvalue weighted by Gasteiger charge is -2.48. The zero-order valence-corrected chi connectivity index (χ0v) is 13.0. The zero-order chi connectivity index (χ0) is 16.2. The maximum absolute atomic E-state index is 12.2. The molecule has 2 N–H and O–H groups in total. The van der Waals surface area contributed by atoms with E-state index in [1.807, 2.05) is 0 Å². The first-order chi connectivity index (χ1) is 10.2. The van der Waals surface area contributed by atoms with E-state index in [0.29, 0.717) is 16.5 Å². The Kier molecular flexibility index (Phi) is 3.25. The number of fused-ring (bicyclic) bond motifs is 1. The molecule has 10 heteroatoms. The number of aliphatic hydroxyl groups is 1. The van der Waals surface area contributed by atoms with Crippen molar-refractivity contribution in [2.24, 2.45) is 13.0 Å². The third-order valence-corrected chi connectivity index (χ3v) is 5.01. The minimum atomic E-state index is -1.19. The minimum Gasteiger partial charge on any atom is -0.477 e. The molecule has 0 unspecified atom stereocenters. The highest BCUT2D eigenvalue weighted by Crippen LogP contribution is 2.50. The third kappa shape index (κ3) is 2.10. The molecular formula is C12H15N5O4S. The van der Waals surface area contributed by atoms with Gasteiger partial charge in [-0.25, -0.2) is 9.48 Å². The SMILES string of the molecule is Cn1nnnc1SC1=C(C(=O)O)N2C(=O)[C@@H](C(C)(C)O)[C@H]2C1. The van der Waals surface area contributed by atoms with Gasteiger partial charge in [0, 0.05) is 18.4 Å². The molecule has 9 nitrogen and oxygen atoms in total. The Morgan fingerprint density at radius 3 is 2.64 bits per heavy atom. The Hall–Kier alpha value is -1.94. The molecule has 3 heterocycles. The molecule has 2 aliphatic heterocycles. The van der Waals surface area contributed by atoms with E-state index in [0.717, 1.165) is 11.8 Å². The molecule has 0 aromatic carbocycles. The minimum absolute atomic E-state index is 0.0384. The number of hydrogen-bond acceptors (Lipinski definition) is 7. The molecule has 0 spiro atoms. The molecule has 22 heavy (non-hydrogen) atoms. The summed E-state index contributed by atoms with van der Waals surface area (Å²) in [4.78, 5) is 25.5. The van der Waals surface area contributed by atoms with Crippen molar-refractivity contribution in [1.29, 1.82) is 0 Å². The van der Waals surface area contributed by atoms with E-state index in [1.165, 1.54) is 9.58 Å². The van der Waals surface area contributed by atoms with Crippen LogP contribution in [0.2, 0.25) is 0 Å². The largest absolute Gasteiger partial charge is 0.477 e. The summed E-state index contributed by atoms with van der Waals surface area (Å²) in [5.74, 6) is -2.12. The molecule has 1 saturated heterocycles. The fourth-order valence-corrected chi connectivity index (χ4v) is 3.96. The number of aromatic nitrogens is 4. The van der Waals surface area contributed by atoms with Crippen molar-refractivity contribution < 1.29 is 19.8 Å². The zero-order valence-electron chi connectivity index (χ0n) is 12.2. The lowest BCUT2D eigenvalue weighted by Crippen LogP contribution is -2.65. The van der Waals surface area contributed by atoms with Crippen molar-refractivity contribution in [3.63, 3.8) is 0 Å². The van der Waals surface area contributed by atoms with Crippen molar-refractivity contribution in [3.05, 3.63) is 10.6 Å². The molecule has 1 aromatic heterocycles. The second kappa shape index (κ2) is 4.78. The average Bonchev–Trinajstić information content (AvgIpc) is 2.90. The van der Waals surface area contributed by atoms with Crippen LogP contribution in [0.1, 0.15) is 20.3 Å². The van der Waals surface area contributed by atoms with Gasteiger partial charge in [-0.15, -0.1) is 5.10 Å². The maximum atomic E-state index is 12.2. The second-order valence-corrected chi connectivity index (χ2v) is 6.94. The number of nitrogens with zero attached hydrogens (tertiary/aromatic N) is 5. The van der Waals surface area contributed by atoms with E-state index < -0.39 is 17.5 Å². The summed E-state index contributed by atoms with van der Waals surface area (Å²) >= 11 is 1.13. The lowest BCUT2D eigenvalue weighted by molar-refractivity contribution is -0.169. The Bertz CT molecular complexity index is 692. The van der Waals surface area contributed by atoms with Crippen molar-refractivity contribution >= 4 is 23.6 Å². The number of aryl methyl sites for hydroxylation is 1. The molecule has 0 bridgehead atoms. The van der Waals surface area contributed by atoms with Gasteiger partial charge in [0.05, 0.1) is 17.6 Å². The monoisotopic (exact) mass is 325 g/mol. The topological polar surface area (TPSA) is 121 Å². The molecular weight excluding hydrogens is 310 g/mol. The molecule has 1 fully saturated rings. The summed E-state index contributed by atoms with van der Waals surface area (Å²) in [7, 11) is 1.65. The Balaban J connectivity index is 1.92. The first-order valence-electron chi connectivity index (χ1n) is 6.64.